The largest absolute Gasteiger partial charge is 0.481 e. The van der Waals surface area contributed by atoms with Crippen LogP contribution in [0.15, 0.2) is 0 Å². The third-order valence-corrected chi connectivity index (χ3v) is 15.7. The second-order valence-corrected chi connectivity index (χ2v) is 23.7. The Morgan fingerprint density at radius 3 is 0.526 bits per heavy atom. The monoisotopic (exact) mass is 1080 g/mol. The molecule has 0 aromatic heterocycles. The molecule has 456 valence electrons. The molecule has 0 heterocycles. The fraction of sp³-hybridized carbons (Fsp3) is 0.957. The van der Waals surface area contributed by atoms with Crippen LogP contribution in [-0.4, -0.2) is 34.7 Å². The smallest absolute Gasteiger partial charge is 0.305 e. The van der Waals surface area contributed by atoms with Crippen LogP contribution in [0.4, 0.5) is 0 Å². The number of carbonyl (C=O) groups excluding carboxylic acids is 1. The van der Waals surface area contributed by atoms with Gasteiger partial charge in [0.05, 0.1) is 6.61 Å². The van der Waals surface area contributed by atoms with Crippen LogP contribution >= 0.6 is 0 Å². The third kappa shape index (κ3) is 83.7. The number of hydrogen-bond donors (Lipinski definition) is 2. The van der Waals surface area contributed by atoms with Crippen molar-refractivity contribution in [3.05, 3.63) is 0 Å². The summed E-state index contributed by atoms with van der Waals surface area (Å²) in [4.78, 5) is 32.6. The highest BCUT2D eigenvalue weighted by Gasteiger charge is 2.04. The first kappa shape index (κ1) is 78.6. The van der Waals surface area contributed by atoms with E-state index >= 15 is 0 Å². The van der Waals surface area contributed by atoms with Crippen LogP contribution in [0.1, 0.15) is 426 Å². The van der Waals surface area contributed by atoms with Gasteiger partial charge in [0.15, 0.2) is 0 Å². The molecule has 0 saturated carbocycles. The van der Waals surface area contributed by atoms with E-state index in [1.165, 1.54) is 340 Å². The van der Waals surface area contributed by atoms with Crippen LogP contribution in [0.2, 0.25) is 0 Å². The van der Waals surface area contributed by atoms with Crippen LogP contribution in [0.3, 0.4) is 0 Å². The van der Waals surface area contributed by atoms with Gasteiger partial charge in [0.25, 0.3) is 0 Å². The van der Waals surface area contributed by atoms with E-state index in [4.69, 9.17) is 14.9 Å². The van der Waals surface area contributed by atoms with E-state index in [0.29, 0.717) is 25.9 Å². The first-order valence-electron chi connectivity index (χ1n) is 34.9. The maximum absolute atomic E-state index is 11.9. The lowest BCUT2D eigenvalue weighted by atomic mass is 10.0. The molecule has 0 fully saturated rings. The molecule has 0 aliphatic carbocycles. The van der Waals surface area contributed by atoms with Crippen molar-refractivity contribution in [1.82, 2.24) is 0 Å². The number of hydrogen-bond acceptors (Lipinski definition) is 4. The summed E-state index contributed by atoms with van der Waals surface area (Å²) in [6, 6.07) is 0. The van der Waals surface area contributed by atoms with Gasteiger partial charge in [0.1, 0.15) is 0 Å². The van der Waals surface area contributed by atoms with Crippen molar-refractivity contribution in [2.45, 2.75) is 426 Å². The van der Waals surface area contributed by atoms with Crippen LogP contribution in [-0.2, 0) is 19.1 Å². The lowest BCUT2D eigenvalue weighted by Crippen LogP contribution is -2.05. The molecule has 6 nitrogen and oxygen atoms in total. The average molecular weight is 1080 g/mol. The number of carboxylic acid groups (broad SMARTS) is 2. The van der Waals surface area contributed by atoms with E-state index in [2.05, 4.69) is 27.7 Å². The lowest BCUT2D eigenvalue weighted by Gasteiger charge is -2.06. The van der Waals surface area contributed by atoms with Gasteiger partial charge < -0.3 is 14.9 Å². The molecule has 0 saturated heterocycles. The summed E-state index contributed by atoms with van der Waals surface area (Å²) in [6.07, 6.45) is 80.5. The molecular weight excluding hydrogens is 937 g/mol. The van der Waals surface area contributed by atoms with Gasteiger partial charge in [0.2, 0.25) is 0 Å². The molecule has 0 aromatic rings. The van der Waals surface area contributed by atoms with E-state index in [1.54, 1.807) is 0 Å². The zero-order chi connectivity index (χ0) is 56.0. The van der Waals surface area contributed by atoms with Gasteiger partial charge in [-0.25, -0.2) is 0 Å². The molecule has 0 bridgehead atoms. The second-order valence-electron chi connectivity index (χ2n) is 23.7. The fourth-order valence-electron chi connectivity index (χ4n) is 10.5. The minimum Gasteiger partial charge on any atom is -0.481 e. The first-order chi connectivity index (χ1) is 37.3. The maximum atomic E-state index is 11.9. The van der Waals surface area contributed by atoms with E-state index in [0.717, 1.165) is 38.5 Å². The molecule has 0 rings (SSSR count). The summed E-state index contributed by atoms with van der Waals surface area (Å²) in [6.45, 7) is 9.75. The summed E-state index contributed by atoms with van der Waals surface area (Å²) in [5.41, 5.74) is 0. The zero-order valence-electron chi connectivity index (χ0n) is 52.6. The average Bonchev–Trinajstić information content (AvgIpc) is 3.41. The molecule has 0 aromatic carbocycles. The summed E-state index contributed by atoms with van der Waals surface area (Å²) in [7, 11) is 0. The van der Waals surface area contributed by atoms with Crippen molar-refractivity contribution in [2.24, 2.45) is 0 Å². The van der Waals surface area contributed by atoms with Crippen molar-refractivity contribution in [2.75, 3.05) is 6.61 Å². The molecule has 0 aliphatic heterocycles. The van der Waals surface area contributed by atoms with Gasteiger partial charge in [-0.15, -0.1) is 0 Å². The number of unbranched alkanes of at least 4 members (excludes halogenated alkanes) is 55. The Kier molecular flexibility index (Phi) is 78.1. The number of ether oxygens (including phenoxy) is 1. The maximum Gasteiger partial charge on any atom is 0.305 e. The van der Waals surface area contributed by atoms with E-state index in [-0.39, 0.29) is 5.97 Å². The summed E-state index contributed by atoms with van der Waals surface area (Å²) in [5.74, 6) is -1.28. The van der Waals surface area contributed by atoms with Crippen molar-refractivity contribution in [3.63, 3.8) is 0 Å². The van der Waals surface area contributed by atoms with Gasteiger partial charge in [0, 0.05) is 19.3 Å². The molecule has 0 spiro atoms. The van der Waals surface area contributed by atoms with Gasteiger partial charge in [-0.2, -0.15) is 0 Å². The predicted molar refractivity (Wildman–Crippen MR) is 335 cm³/mol. The van der Waals surface area contributed by atoms with E-state index < -0.39 is 11.9 Å². The molecule has 0 unspecified atom stereocenters. The fourth-order valence-corrected chi connectivity index (χ4v) is 10.5. The molecule has 0 radical (unpaired) electrons. The molecule has 76 heavy (non-hydrogen) atoms. The number of rotatable bonds is 63. The van der Waals surface area contributed by atoms with Crippen molar-refractivity contribution in [3.8, 4) is 0 Å². The molecule has 6 heteroatoms. The summed E-state index contributed by atoms with van der Waals surface area (Å²) >= 11 is 0. The quantitative estimate of drug-likeness (QED) is 0.0465. The Labute approximate surface area is 477 Å². The van der Waals surface area contributed by atoms with Crippen LogP contribution in [0.25, 0.3) is 0 Å². The highest BCUT2D eigenvalue weighted by atomic mass is 16.5. The van der Waals surface area contributed by atoms with Crippen molar-refractivity contribution >= 4 is 17.9 Å². The van der Waals surface area contributed by atoms with Crippen LogP contribution in [0.5, 0.6) is 0 Å². The minimum atomic E-state index is -0.653. The Morgan fingerprint density at radius 2 is 0.355 bits per heavy atom. The predicted octanol–water partition coefficient (Wildman–Crippen LogP) is 24.9. The number of esters is 1. The Balaban J connectivity index is -0.00000113. The molecule has 2 N–H and O–H groups in total. The first-order valence-corrected chi connectivity index (χ1v) is 34.9. The van der Waals surface area contributed by atoms with Crippen LogP contribution < -0.4 is 0 Å². The number of carbonyl (C=O) groups is 3. The van der Waals surface area contributed by atoms with E-state index in [1.807, 2.05) is 0 Å². The Morgan fingerprint density at radius 1 is 0.211 bits per heavy atom. The highest BCUT2D eigenvalue weighted by Crippen LogP contribution is 2.18. The normalized spacial score (nSPS) is 11.1. The minimum absolute atomic E-state index is 0.0272. The molecule has 0 amide bonds. The zero-order valence-corrected chi connectivity index (χ0v) is 52.6. The van der Waals surface area contributed by atoms with Crippen molar-refractivity contribution in [1.29, 1.82) is 0 Å². The van der Waals surface area contributed by atoms with Gasteiger partial charge in [-0.05, 0) is 25.7 Å². The Hall–Kier alpha value is -1.59. The topological polar surface area (TPSA) is 101 Å². The third-order valence-electron chi connectivity index (χ3n) is 15.7. The van der Waals surface area contributed by atoms with Gasteiger partial charge >= 0.3 is 17.9 Å². The summed E-state index contributed by atoms with van der Waals surface area (Å²) in [5, 5.41) is 17.0. The molecule has 0 atom stereocenters. The van der Waals surface area contributed by atoms with E-state index in [9.17, 15) is 14.4 Å². The standard InChI is InChI=1S/C34H68O2.2C18H36O2/c1-3-5-7-9-11-13-15-17-19-20-22-24-26-28-30-32-34(35)36-33-31-29-27-25-23-21-18-16-14-12-10-8-6-4-2;2*1-2-3-4-5-6-7-8-9-10-11-12-13-14-15-16-17-18(19)20/h3-33H2,1-2H3;2*2-17H2,1H3,(H,19,20). The van der Waals surface area contributed by atoms with Gasteiger partial charge in [-0.3, -0.25) is 14.4 Å². The van der Waals surface area contributed by atoms with Crippen molar-refractivity contribution < 1.29 is 29.3 Å². The highest BCUT2D eigenvalue weighted by molar-refractivity contribution is 5.69. The SMILES string of the molecule is CCCCCCCCCCCCCCCCCC(=O)O.CCCCCCCCCCCCCCCCCC(=O)O.CCCCCCCCCCCCCCCCCC(=O)OCCCCCCCCCCCCCCCC. The van der Waals surface area contributed by atoms with Crippen LogP contribution in [0, 0.1) is 0 Å². The Bertz CT molecular complexity index is 981. The second kappa shape index (κ2) is 75.5. The number of carboxylic acids is 2. The molecular formula is C70H140O6. The lowest BCUT2D eigenvalue weighted by molar-refractivity contribution is -0.144. The van der Waals surface area contributed by atoms with Gasteiger partial charge in [-0.1, -0.05) is 381 Å². The number of aliphatic carboxylic acids is 2. The molecule has 0 aliphatic rings. The summed E-state index contributed by atoms with van der Waals surface area (Å²) < 4.78 is 5.43.